The van der Waals surface area contributed by atoms with Crippen molar-refractivity contribution in [1.29, 1.82) is 0 Å². The van der Waals surface area contributed by atoms with Gasteiger partial charge in [0, 0.05) is 43.6 Å². The third-order valence-corrected chi connectivity index (χ3v) is 4.80. The third-order valence-electron chi connectivity index (χ3n) is 4.24. The molecule has 0 N–H and O–H groups in total. The second-order valence-electron chi connectivity index (χ2n) is 5.88. The molecule has 1 aromatic carbocycles. The zero-order valence-corrected chi connectivity index (χ0v) is 16.1. The van der Waals surface area contributed by atoms with Crippen LogP contribution >= 0.6 is 35.6 Å². The Labute approximate surface area is 163 Å². The summed E-state index contributed by atoms with van der Waals surface area (Å²) in [6.45, 7) is 5.06. The molecule has 0 bridgehead atoms. The van der Waals surface area contributed by atoms with Gasteiger partial charge in [-0.3, -0.25) is 14.4 Å². The summed E-state index contributed by atoms with van der Waals surface area (Å²) >= 11 is 12.2. The molecule has 3 rings (SSSR count). The summed E-state index contributed by atoms with van der Waals surface area (Å²) in [5, 5.41) is 5.20. The molecule has 136 valence electrons. The predicted molar refractivity (Wildman–Crippen MR) is 103 cm³/mol. The van der Waals surface area contributed by atoms with Gasteiger partial charge in [-0.2, -0.15) is 5.10 Å². The molecule has 0 spiro atoms. The van der Waals surface area contributed by atoms with Crippen LogP contribution in [-0.4, -0.2) is 58.2 Å². The van der Waals surface area contributed by atoms with Crippen molar-refractivity contribution in [2.45, 2.75) is 13.0 Å². The molecule has 2 aromatic rings. The van der Waals surface area contributed by atoms with Crippen molar-refractivity contribution in [3.05, 3.63) is 52.3 Å². The minimum absolute atomic E-state index is 0. The molecule has 1 saturated heterocycles. The summed E-state index contributed by atoms with van der Waals surface area (Å²) in [7, 11) is 0. The Hall–Kier alpha value is -1.27. The van der Waals surface area contributed by atoms with Crippen LogP contribution in [0.3, 0.4) is 0 Å². The largest absolute Gasteiger partial charge is 0.337 e. The third kappa shape index (κ3) is 5.35. The second-order valence-corrected chi connectivity index (χ2v) is 6.72. The van der Waals surface area contributed by atoms with Gasteiger partial charge >= 0.3 is 0 Å². The Morgan fingerprint density at radius 2 is 1.96 bits per heavy atom. The Bertz CT molecular complexity index is 693. The first kappa shape index (κ1) is 20.0. The molecule has 0 saturated carbocycles. The van der Waals surface area contributed by atoms with Crippen molar-refractivity contribution in [2.24, 2.45) is 0 Å². The zero-order chi connectivity index (χ0) is 16.9. The van der Waals surface area contributed by atoms with E-state index >= 15 is 0 Å². The van der Waals surface area contributed by atoms with E-state index in [1.807, 2.05) is 21.8 Å². The number of carbonyl (C=O) groups is 1. The Balaban J connectivity index is 0.00000225. The van der Waals surface area contributed by atoms with Crippen LogP contribution in [0.25, 0.3) is 0 Å². The van der Waals surface area contributed by atoms with Crippen molar-refractivity contribution in [3.8, 4) is 0 Å². The highest BCUT2D eigenvalue weighted by Crippen LogP contribution is 2.22. The molecule has 8 heteroatoms. The first-order valence-corrected chi connectivity index (χ1v) is 8.83. The van der Waals surface area contributed by atoms with Gasteiger partial charge in [-0.1, -0.05) is 23.2 Å². The Morgan fingerprint density at radius 3 is 2.72 bits per heavy atom. The van der Waals surface area contributed by atoms with Gasteiger partial charge in [-0.05, 0) is 37.2 Å². The number of hydrogen-bond acceptors (Lipinski definition) is 3. The lowest BCUT2D eigenvalue weighted by atomic mass is 10.2. The molecule has 1 fully saturated rings. The van der Waals surface area contributed by atoms with E-state index in [1.54, 1.807) is 24.4 Å². The molecule has 1 aromatic heterocycles. The van der Waals surface area contributed by atoms with Gasteiger partial charge in [0.2, 0.25) is 0 Å². The topological polar surface area (TPSA) is 41.4 Å². The van der Waals surface area contributed by atoms with E-state index in [2.05, 4.69) is 10.00 Å². The van der Waals surface area contributed by atoms with E-state index in [1.165, 1.54) is 0 Å². The monoisotopic (exact) mass is 402 g/mol. The lowest BCUT2D eigenvalue weighted by Crippen LogP contribution is -2.36. The summed E-state index contributed by atoms with van der Waals surface area (Å²) in [5.41, 5.74) is 0.481. The summed E-state index contributed by atoms with van der Waals surface area (Å²) in [4.78, 5) is 17.0. The number of amides is 1. The minimum atomic E-state index is -0.0450. The fourth-order valence-electron chi connectivity index (χ4n) is 2.91. The average Bonchev–Trinajstić information content (AvgIpc) is 2.99. The number of carbonyl (C=O) groups excluding carboxylic acids is 1. The fourth-order valence-corrected chi connectivity index (χ4v) is 3.28. The van der Waals surface area contributed by atoms with E-state index in [4.69, 9.17) is 23.2 Å². The standard InChI is InChI=1S/C17H20Cl2N4O.ClH/c18-14-3-4-16(19)15(13-14)17(24)22-7-2-6-21(9-11-22)10-12-23-8-1-5-20-23;/h1,3-5,8,13H,2,6-7,9-12H2;1H. The van der Waals surface area contributed by atoms with Gasteiger partial charge in [-0.25, -0.2) is 0 Å². The average molecular weight is 404 g/mol. The van der Waals surface area contributed by atoms with Crippen molar-refractivity contribution in [2.75, 3.05) is 32.7 Å². The van der Waals surface area contributed by atoms with Crippen LogP contribution in [0, 0.1) is 0 Å². The van der Waals surface area contributed by atoms with Crippen LogP contribution in [-0.2, 0) is 6.54 Å². The van der Waals surface area contributed by atoms with E-state index in [0.717, 1.165) is 39.1 Å². The molecular formula is C17H21Cl3N4O. The maximum Gasteiger partial charge on any atom is 0.255 e. The van der Waals surface area contributed by atoms with Crippen LogP contribution in [0.2, 0.25) is 10.0 Å². The van der Waals surface area contributed by atoms with Crippen molar-refractivity contribution in [1.82, 2.24) is 19.6 Å². The second kappa shape index (κ2) is 9.43. The summed E-state index contributed by atoms with van der Waals surface area (Å²) < 4.78 is 1.93. The van der Waals surface area contributed by atoms with Crippen LogP contribution in [0.1, 0.15) is 16.8 Å². The van der Waals surface area contributed by atoms with Crippen LogP contribution < -0.4 is 0 Å². The van der Waals surface area contributed by atoms with E-state index < -0.39 is 0 Å². The molecule has 1 aliphatic heterocycles. The smallest absolute Gasteiger partial charge is 0.255 e. The maximum atomic E-state index is 12.7. The molecule has 0 atom stereocenters. The number of benzene rings is 1. The number of rotatable bonds is 4. The van der Waals surface area contributed by atoms with E-state index in [0.29, 0.717) is 22.2 Å². The summed E-state index contributed by atoms with van der Waals surface area (Å²) in [6.07, 6.45) is 4.70. The minimum Gasteiger partial charge on any atom is -0.337 e. The van der Waals surface area contributed by atoms with Gasteiger partial charge < -0.3 is 4.90 Å². The normalized spacial score (nSPS) is 15.5. The molecule has 0 unspecified atom stereocenters. The quantitative estimate of drug-likeness (QED) is 0.785. The number of aromatic nitrogens is 2. The molecule has 1 aliphatic rings. The van der Waals surface area contributed by atoms with Crippen LogP contribution in [0.15, 0.2) is 36.7 Å². The number of hydrogen-bond donors (Lipinski definition) is 0. The number of halogens is 3. The van der Waals surface area contributed by atoms with Gasteiger partial charge in [0.25, 0.3) is 5.91 Å². The molecule has 5 nitrogen and oxygen atoms in total. The maximum absolute atomic E-state index is 12.7. The first-order valence-electron chi connectivity index (χ1n) is 8.07. The first-order chi connectivity index (χ1) is 11.6. The molecule has 25 heavy (non-hydrogen) atoms. The summed E-state index contributed by atoms with van der Waals surface area (Å²) in [6, 6.07) is 6.94. The Kier molecular flexibility index (Phi) is 7.56. The van der Waals surface area contributed by atoms with Crippen molar-refractivity contribution in [3.63, 3.8) is 0 Å². The van der Waals surface area contributed by atoms with E-state index in [-0.39, 0.29) is 18.3 Å². The van der Waals surface area contributed by atoms with E-state index in [9.17, 15) is 4.79 Å². The molecule has 2 heterocycles. The highest BCUT2D eigenvalue weighted by Gasteiger charge is 2.22. The molecular weight excluding hydrogens is 383 g/mol. The fraction of sp³-hybridized carbons (Fsp3) is 0.412. The highest BCUT2D eigenvalue weighted by molar-refractivity contribution is 6.35. The molecule has 0 aliphatic carbocycles. The van der Waals surface area contributed by atoms with Crippen molar-refractivity contribution < 1.29 is 4.79 Å². The number of nitrogens with zero attached hydrogens (tertiary/aromatic N) is 4. The van der Waals surface area contributed by atoms with Crippen LogP contribution in [0.5, 0.6) is 0 Å². The lowest BCUT2D eigenvalue weighted by molar-refractivity contribution is 0.0761. The summed E-state index contributed by atoms with van der Waals surface area (Å²) in [5.74, 6) is -0.0450. The highest BCUT2D eigenvalue weighted by atomic mass is 35.5. The van der Waals surface area contributed by atoms with Crippen LogP contribution in [0.4, 0.5) is 0 Å². The SMILES string of the molecule is Cl.O=C(c1cc(Cl)ccc1Cl)N1CCCN(CCn2cccn2)CC1. The van der Waals surface area contributed by atoms with Gasteiger partial charge in [-0.15, -0.1) is 12.4 Å². The van der Waals surface area contributed by atoms with Crippen molar-refractivity contribution >= 4 is 41.5 Å². The van der Waals surface area contributed by atoms with Gasteiger partial charge in [0.05, 0.1) is 17.1 Å². The van der Waals surface area contributed by atoms with Gasteiger partial charge in [0.15, 0.2) is 0 Å². The van der Waals surface area contributed by atoms with Gasteiger partial charge in [0.1, 0.15) is 0 Å². The predicted octanol–water partition coefficient (Wildman–Crippen LogP) is 3.46. The zero-order valence-electron chi connectivity index (χ0n) is 13.8. The molecule has 1 amide bonds. The molecule has 0 radical (unpaired) electrons. The Morgan fingerprint density at radius 1 is 1.12 bits per heavy atom. The lowest BCUT2D eigenvalue weighted by Gasteiger charge is -2.22.